The molecule has 0 N–H and O–H groups in total. The molecular weight excluding hydrogens is 238 g/mol. The Morgan fingerprint density at radius 3 is 2.44 bits per heavy atom. The quantitative estimate of drug-likeness (QED) is 0.721. The van der Waals surface area contributed by atoms with E-state index in [1.165, 1.54) is 11.9 Å². The van der Waals surface area contributed by atoms with Crippen LogP contribution in [0.25, 0.3) is 0 Å². The van der Waals surface area contributed by atoms with Gasteiger partial charge in [-0.05, 0) is 24.3 Å². The van der Waals surface area contributed by atoms with Crippen molar-refractivity contribution in [2.45, 2.75) is 14.7 Å². The summed E-state index contributed by atoms with van der Waals surface area (Å²) in [7, 11) is -2.40. The van der Waals surface area contributed by atoms with Gasteiger partial charge in [0.15, 0.2) is 0 Å². The van der Waals surface area contributed by atoms with E-state index >= 15 is 0 Å². The molecule has 1 aliphatic rings. The Morgan fingerprint density at radius 1 is 0.938 bits per heavy atom. The maximum absolute atomic E-state index is 12.8. The van der Waals surface area contributed by atoms with Crippen LogP contribution in [0.2, 0.25) is 0 Å². The molecule has 0 saturated carbocycles. The molecule has 0 amide bonds. The number of hydrogen-bond donors (Lipinski definition) is 0. The van der Waals surface area contributed by atoms with Crippen LogP contribution in [0.15, 0.2) is 73.1 Å². The molecular formula is C12H9NOS2. The van der Waals surface area contributed by atoms with Crippen molar-refractivity contribution in [2.75, 3.05) is 0 Å². The Bertz CT molecular complexity index is 643. The summed E-state index contributed by atoms with van der Waals surface area (Å²) in [5.41, 5.74) is 0. The number of rotatable bonds is 1. The Morgan fingerprint density at radius 2 is 1.62 bits per heavy atom. The minimum absolute atomic E-state index is 0.785. The van der Waals surface area contributed by atoms with Crippen molar-refractivity contribution in [1.82, 2.24) is 0 Å². The summed E-state index contributed by atoms with van der Waals surface area (Å²) in [6.45, 7) is 0. The van der Waals surface area contributed by atoms with E-state index in [1.54, 1.807) is 0 Å². The molecule has 0 fully saturated rings. The number of fused-ring (bicyclic) bond motifs is 1. The van der Waals surface area contributed by atoms with Crippen molar-refractivity contribution in [3.8, 4) is 0 Å². The molecule has 1 unspecified atom stereocenters. The molecule has 4 heteroatoms. The summed E-state index contributed by atoms with van der Waals surface area (Å²) < 4.78 is 17.1. The molecule has 0 aliphatic carbocycles. The first-order valence-corrected chi connectivity index (χ1v) is 7.17. The van der Waals surface area contributed by atoms with Gasteiger partial charge in [-0.15, -0.1) is 0 Å². The van der Waals surface area contributed by atoms with Gasteiger partial charge < -0.3 is 0 Å². The van der Waals surface area contributed by atoms with Gasteiger partial charge in [0.2, 0.25) is 0 Å². The van der Waals surface area contributed by atoms with Crippen molar-refractivity contribution in [3.05, 3.63) is 54.6 Å². The van der Waals surface area contributed by atoms with E-state index in [-0.39, 0.29) is 0 Å². The summed E-state index contributed by atoms with van der Waals surface area (Å²) in [5, 5.41) is 0. The van der Waals surface area contributed by atoms with Crippen molar-refractivity contribution in [1.29, 1.82) is 0 Å². The van der Waals surface area contributed by atoms with Crippen LogP contribution < -0.4 is 0 Å². The molecule has 0 spiro atoms. The van der Waals surface area contributed by atoms with Gasteiger partial charge in [-0.3, -0.25) is 0 Å². The average Bonchev–Trinajstić information content (AvgIpc) is 2.71. The second-order valence-electron chi connectivity index (χ2n) is 3.45. The smallest absolute Gasteiger partial charge is 0.116 e. The Kier molecular flexibility index (Phi) is 2.26. The lowest BCUT2D eigenvalue weighted by Crippen LogP contribution is -1.98. The molecule has 0 bridgehead atoms. The zero-order valence-electron chi connectivity index (χ0n) is 8.37. The second-order valence-corrected chi connectivity index (χ2v) is 6.63. The number of benzene rings is 2. The van der Waals surface area contributed by atoms with Crippen molar-refractivity contribution in [3.63, 3.8) is 0 Å². The zero-order valence-corrected chi connectivity index (χ0v) is 10.0. The molecule has 0 aromatic heterocycles. The highest BCUT2D eigenvalue weighted by molar-refractivity contribution is 8.10. The van der Waals surface area contributed by atoms with Crippen molar-refractivity contribution < 1.29 is 4.21 Å². The summed E-state index contributed by atoms with van der Waals surface area (Å²) in [6, 6.07) is 17.1. The zero-order chi connectivity index (χ0) is 11.0. The largest absolute Gasteiger partial charge is 0.239 e. The topological polar surface area (TPSA) is 29.4 Å². The van der Waals surface area contributed by atoms with Gasteiger partial charge >= 0.3 is 0 Å². The van der Waals surface area contributed by atoms with Crippen molar-refractivity contribution in [2.24, 2.45) is 3.77 Å². The fraction of sp³-hybridized carbons (Fsp3) is 0. The predicted octanol–water partition coefficient (Wildman–Crippen LogP) is 3.59. The third-order valence-electron chi connectivity index (χ3n) is 2.45. The summed E-state index contributed by atoms with van der Waals surface area (Å²) >= 11 is 1.32. The standard InChI is InChI=1S/C12H9NOS2/c14-16(10-6-2-1-3-7-10)12-9-5-4-8-11(12)15-13-16/h1-9H. The average molecular weight is 247 g/mol. The van der Waals surface area contributed by atoms with Gasteiger partial charge in [-0.1, -0.05) is 30.3 Å². The summed E-state index contributed by atoms with van der Waals surface area (Å²) in [4.78, 5) is 2.62. The van der Waals surface area contributed by atoms with Gasteiger partial charge in [-0.25, -0.2) is 4.21 Å². The van der Waals surface area contributed by atoms with Gasteiger partial charge in [0.05, 0.1) is 9.79 Å². The molecule has 2 aromatic carbocycles. The first-order chi connectivity index (χ1) is 7.81. The number of nitrogens with zero attached hydrogens (tertiary/aromatic N) is 1. The summed E-state index contributed by atoms with van der Waals surface area (Å²) in [6.07, 6.45) is 0. The molecule has 2 aromatic rings. The molecule has 80 valence electrons. The molecule has 3 rings (SSSR count). The highest BCUT2D eigenvalue weighted by Gasteiger charge is 2.24. The highest BCUT2D eigenvalue weighted by atomic mass is 32.2. The van der Waals surface area contributed by atoms with Gasteiger partial charge in [-0.2, -0.15) is 3.77 Å². The third kappa shape index (κ3) is 1.37. The SMILES string of the molecule is O=S1(c2ccccc2)=NSc2ccccc21. The minimum Gasteiger partial charge on any atom is -0.239 e. The Labute approximate surface area is 99.0 Å². The van der Waals surface area contributed by atoms with Crippen molar-refractivity contribution >= 4 is 21.7 Å². The fourth-order valence-corrected chi connectivity index (χ4v) is 5.20. The van der Waals surface area contributed by atoms with Crippen LogP contribution in [0.3, 0.4) is 0 Å². The molecule has 16 heavy (non-hydrogen) atoms. The van der Waals surface area contributed by atoms with Gasteiger partial charge in [0.25, 0.3) is 0 Å². The van der Waals surface area contributed by atoms with E-state index in [4.69, 9.17) is 0 Å². The van der Waals surface area contributed by atoms with E-state index in [1.807, 2.05) is 54.6 Å². The minimum atomic E-state index is -2.40. The Hall–Kier alpha value is -1.26. The fourth-order valence-electron chi connectivity index (χ4n) is 1.66. The maximum atomic E-state index is 12.8. The predicted molar refractivity (Wildman–Crippen MR) is 65.8 cm³/mol. The summed E-state index contributed by atoms with van der Waals surface area (Å²) in [5.74, 6) is 0. The number of hydrogen-bond acceptors (Lipinski definition) is 3. The lowest BCUT2D eigenvalue weighted by Gasteiger charge is -2.05. The van der Waals surface area contributed by atoms with E-state index in [9.17, 15) is 4.21 Å². The van der Waals surface area contributed by atoms with Crippen LogP contribution in [0.5, 0.6) is 0 Å². The van der Waals surface area contributed by atoms with Gasteiger partial charge in [0.1, 0.15) is 9.73 Å². The first kappa shape index (κ1) is 9.93. The molecule has 0 saturated heterocycles. The van der Waals surface area contributed by atoms with E-state index < -0.39 is 9.73 Å². The lowest BCUT2D eigenvalue weighted by atomic mass is 10.4. The molecule has 2 nitrogen and oxygen atoms in total. The third-order valence-corrected chi connectivity index (χ3v) is 6.13. The first-order valence-electron chi connectivity index (χ1n) is 4.88. The van der Waals surface area contributed by atoms with E-state index in [0.29, 0.717) is 0 Å². The normalized spacial score (nSPS) is 22.5. The molecule has 0 radical (unpaired) electrons. The second kappa shape index (κ2) is 3.64. The van der Waals surface area contributed by atoms with Crippen LogP contribution in [0.4, 0.5) is 0 Å². The van der Waals surface area contributed by atoms with E-state index in [2.05, 4.69) is 3.77 Å². The molecule has 1 aliphatic heterocycles. The Balaban J connectivity index is 2.27. The molecule has 1 heterocycles. The lowest BCUT2D eigenvalue weighted by molar-refractivity contribution is 0.677. The highest BCUT2D eigenvalue weighted by Crippen LogP contribution is 2.40. The maximum Gasteiger partial charge on any atom is 0.116 e. The van der Waals surface area contributed by atoms with Crippen LogP contribution in [-0.4, -0.2) is 4.21 Å². The van der Waals surface area contributed by atoms with Gasteiger partial charge in [0, 0.05) is 16.8 Å². The van der Waals surface area contributed by atoms with Crippen LogP contribution in [0, 0.1) is 0 Å². The van der Waals surface area contributed by atoms with Crippen LogP contribution in [0.1, 0.15) is 0 Å². The molecule has 1 atom stereocenters. The van der Waals surface area contributed by atoms with Crippen LogP contribution >= 0.6 is 11.9 Å². The van der Waals surface area contributed by atoms with E-state index in [0.717, 1.165) is 14.7 Å². The van der Waals surface area contributed by atoms with Crippen LogP contribution in [-0.2, 0) is 9.73 Å². The monoisotopic (exact) mass is 247 g/mol.